The Bertz CT molecular complexity index is 815. The Morgan fingerprint density at radius 3 is 2.14 bits per heavy atom. The zero-order valence-electron chi connectivity index (χ0n) is 16.0. The van der Waals surface area contributed by atoms with Gasteiger partial charge in [-0.05, 0) is 29.8 Å². The van der Waals surface area contributed by atoms with Crippen LogP contribution in [-0.4, -0.2) is 63.3 Å². The summed E-state index contributed by atoms with van der Waals surface area (Å²) in [6.07, 6.45) is 0.252. The van der Waals surface area contributed by atoms with E-state index in [0.717, 1.165) is 45.0 Å². The van der Waals surface area contributed by atoms with Crippen LogP contribution in [0.5, 0.6) is 0 Å². The lowest BCUT2D eigenvalue weighted by molar-refractivity contribution is -0.130. The van der Waals surface area contributed by atoms with E-state index in [1.54, 1.807) is 12.1 Å². The van der Waals surface area contributed by atoms with Gasteiger partial charge >= 0.3 is 0 Å². The van der Waals surface area contributed by atoms with Crippen molar-refractivity contribution in [2.24, 2.45) is 0 Å². The van der Waals surface area contributed by atoms with E-state index < -0.39 is 0 Å². The topological polar surface area (TPSA) is 36.0 Å². The Morgan fingerprint density at radius 2 is 1.50 bits per heavy atom. The van der Waals surface area contributed by atoms with Crippen molar-refractivity contribution in [3.8, 4) is 0 Å². The lowest BCUT2D eigenvalue weighted by Crippen LogP contribution is -2.49. The first-order chi connectivity index (χ1) is 13.7. The highest BCUT2D eigenvalue weighted by molar-refractivity contribution is 5.79. The maximum absolute atomic E-state index is 13.3. The molecule has 0 radical (unpaired) electrons. The molecule has 6 heteroatoms. The number of ether oxygens (including phenoxy) is 1. The highest BCUT2D eigenvalue weighted by Gasteiger charge is 2.24. The monoisotopic (exact) mass is 383 g/mol. The van der Waals surface area contributed by atoms with Crippen LogP contribution in [0.25, 0.3) is 0 Å². The molecule has 2 aliphatic heterocycles. The summed E-state index contributed by atoms with van der Waals surface area (Å²) in [5.74, 6) is -0.235. The number of morpholine rings is 1. The molecule has 4 rings (SSSR count). The van der Waals surface area contributed by atoms with Gasteiger partial charge < -0.3 is 19.4 Å². The number of benzene rings is 2. The lowest BCUT2D eigenvalue weighted by atomic mass is 10.1. The van der Waals surface area contributed by atoms with Crippen molar-refractivity contribution >= 4 is 17.3 Å². The lowest BCUT2D eigenvalue weighted by Gasteiger charge is -2.39. The summed E-state index contributed by atoms with van der Waals surface area (Å²) in [5, 5.41) is 0. The molecule has 0 aromatic heterocycles. The first kappa shape index (κ1) is 18.7. The molecule has 2 heterocycles. The van der Waals surface area contributed by atoms with Crippen LogP contribution in [0.15, 0.2) is 48.5 Å². The van der Waals surface area contributed by atoms with Gasteiger partial charge in [-0.25, -0.2) is 4.39 Å². The van der Waals surface area contributed by atoms with Gasteiger partial charge in [0, 0.05) is 39.3 Å². The molecule has 2 aromatic carbocycles. The van der Waals surface area contributed by atoms with Crippen molar-refractivity contribution in [3.63, 3.8) is 0 Å². The molecular formula is C22H26FN3O2. The Labute approximate surface area is 165 Å². The number of piperazine rings is 1. The Balaban J connectivity index is 1.38. The van der Waals surface area contributed by atoms with E-state index in [1.807, 2.05) is 4.90 Å². The third kappa shape index (κ3) is 4.28. The molecule has 0 atom stereocenters. The van der Waals surface area contributed by atoms with Crippen molar-refractivity contribution in [1.82, 2.24) is 4.90 Å². The van der Waals surface area contributed by atoms with E-state index in [9.17, 15) is 9.18 Å². The normalized spacial score (nSPS) is 17.7. The van der Waals surface area contributed by atoms with Crippen molar-refractivity contribution in [2.45, 2.75) is 6.42 Å². The number of hydrogen-bond donors (Lipinski definition) is 0. The standard InChI is InChI=1S/C22H26FN3O2/c23-19-5-3-4-18(16-19)17-22(27)26-10-8-24(9-11-26)20-6-1-2-7-21(20)25-12-14-28-15-13-25/h1-7,16H,8-15,17H2. The molecular weight excluding hydrogens is 357 g/mol. The fraction of sp³-hybridized carbons (Fsp3) is 0.409. The summed E-state index contributed by atoms with van der Waals surface area (Å²) in [4.78, 5) is 19.2. The first-order valence-electron chi connectivity index (χ1n) is 9.89. The SMILES string of the molecule is O=C(Cc1cccc(F)c1)N1CCN(c2ccccc2N2CCOCC2)CC1. The minimum atomic E-state index is -0.296. The zero-order chi connectivity index (χ0) is 19.3. The predicted octanol–water partition coefficient (Wildman–Crippen LogP) is 2.55. The van der Waals surface area contributed by atoms with E-state index in [0.29, 0.717) is 13.1 Å². The Hall–Kier alpha value is -2.60. The van der Waals surface area contributed by atoms with E-state index in [1.165, 1.54) is 23.5 Å². The number of amides is 1. The second-order valence-electron chi connectivity index (χ2n) is 7.26. The molecule has 2 fully saturated rings. The van der Waals surface area contributed by atoms with E-state index in [2.05, 4.69) is 34.1 Å². The molecule has 0 saturated carbocycles. The smallest absolute Gasteiger partial charge is 0.227 e. The average Bonchev–Trinajstić information content (AvgIpc) is 2.74. The number of carbonyl (C=O) groups is 1. The molecule has 0 unspecified atom stereocenters. The van der Waals surface area contributed by atoms with Crippen LogP contribution in [0.1, 0.15) is 5.56 Å². The molecule has 1 amide bonds. The van der Waals surface area contributed by atoms with Gasteiger partial charge in [-0.2, -0.15) is 0 Å². The number of rotatable bonds is 4. The third-order valence-electron chi connectivity index (χ3n) is 5.45. The number of carbonyl (C=O) groups excluding carboxylic acids is 1. The second kappa shape index (κ2) is 8.61. The summed E-state index contributed by atoms with van der Waals surface area (Å²) in [7, 11) is 0. The van der Waals surface area contributed by atoms with E-state index in [4.69, 9.17) is 4.74 Å². The van der Waals surface area contributed by atoms with E-state index in [-0.39, 0.29) is 18.1 Å². The molecule has 2 saturated heterocycles. The molecule has 0 aliphatic carbocycles. The van der Waals surface area contributed by atoms with Crippen LogP contribution in [0.2, 0.25) is 0 Å². The van der Waals surface area contributed by atoms with E-state index >= 15 is 0 Å². The number of halogens is 1. The van der Waals surface area contributed by atoms with Crippen molar-refractivity contribution in [1.29, 1.82) is 0 Å². The molecule has 0 bridgehead atoms. The van der Waals surface area contributed by atoms with Gasteiger partial charge in [-0.3, -0.25) is 4.79 Å². The molecule has 28 heavy (non-hydrogen) atoms. The van der Waals surface area contributed by atoms with Crippen LogP contribution in [0.3, 0.4) is 0 Å². The summed E-state index contributed by atoms with van der Waals surface area (Å²) in [6, 6.07) is 14.8. The number of nitrogens with zero attached hydrogens (tertiary/aromatic N) is 3. The van der Waals surface area contributed by atoms with Crippen LogP contribution in [0.4, 0.5) is 15.8 Å². The highest BCUT2D eigenvalue weighted by atomic mass is 19.1. The fourth-order valence-electron chi connectivity index (χ4n) is 3.93. The number of para-hydroxylation sites is 2. The van der Waals surface area contributed by atoms with Gasteiger partial charge in [0.1, 0.15) is 5.82 Å². The van der Waals surface area contributed by atoms with Gasteiger partial charge in [0.2, 0.25) is 5.91 Å². The first-order valence-corrected chi connectivity index (χ1v) is 9.89. The summed E-state index contributed by atoms with van der Waals surface area (Å²) < 4.78 is 18.8. The fourth-order valence-corrected chi connectivity index (χ4v) is 3.93. The molecule has 5 nitrogen and oxygen atoms in total. The maximum atomic E-state index is 13.3. The Morgan fingerprint density at radius 1 is 0.857 bits per heavy atom. The highest BCUT2D eigenvalue weighted by Crippen LogP contribution is 2.30. The van der Waals surface area contributed by atoms with Gasteiger partial charge in [-0.1, -0.05) is 24.3 Å². The van der Waals surface area contributed by atoms with Gasteiger partial charge in [0.15, 0.2) is 0 Å². The summed E-state index contributed by atoms with van der Waals surface area (Å²) in [6.45, 7) is 6.31. The van der Waals surface area contributed by atoms with Gasteiger partial charge in [0.05, 0.1) is 31.0 Å². The van der Waals surface area contributed by atoms with Crippen LogP contribution in [0, 0.1) is 5.82 Å². The van der Waals surface area contributed by atoms with Crippen molar-refractivity contribution < 1.29 is 13.9 Å². The van der Waals surface area contributed by atoms with Crippen molar-refractivity contribution in [3.05, 3.63) is 59.9 Å². The zero-order valence-corrected chi connectivity index (χ0v) is 16.0. The minimum Gasteiger partial charge on any atom is -0.378 e. The molecule has 2 aromatic rings. The maximum Gasteiger partial charge on any atom is 0.227 e. The van der Waals surface area contributed by atoms with Gasteiger partial charge in [0.25, 0.3) is 0 Å². The summed E-state index contributed by atoms with van der Waals surface area (Å²) >= 11 is 0. The molecule has 0 spiro atoms. The number of anilines is 2. The predicted molar refractivity (Wildman–Crippen MR) is 108 cm³/mol. The summed E-state index contributed by atoms with van der Waals surface area (Å²) in [5.41, 5.74) is 3.19. The molecule has 148 valence electrons. The second-order valence-corrected chi connectivity index (χ2v) is 7.26. The third-order valence-corrected chi connectivity index (χ3v) is 5.45. The van der Waals surface area contributed by atoms with Crippen molar-refractivity contribution in [2.75, 3.05) is 62.3 Å². The van der Waals surface area contributed by atoms with Crippen LogP contribution >= 0.6 is 0 Å². The van der Waals surface area contributed by atoms with Crippen LogP contribution < -0.4 is 9.80 Å². The quantitative estimate of drug-likeness (QED) is 0.813. The minimum absolute atomic E-state index is 0.0618. The van der Waals surface area contributed by atoms with Gasteiger partial charge in [-0.15, -0.1) is 0 Å². The average molecular weight is 383 g/mol. The molecule has 2 aliphatic rings. The Kier molecular flexibility index (Phi) is 5.76. The molecule has 0 N–H and O–H groups in total. The largest absolute Gasteiger partial charge is 0.378 e. The number of hydrogen-bond acceptors (Lipinski definition) is 4. The van der Waals surface area contributed by atoms with Crippen LogP contribution in [-0.2, 0) is 16.0 Å².